The van der Waals surface area contributed by atoms with E-state index in [0.29, 0.717) is 6.61 Å². The van der Waals surface area contributed by atoms with Crippen molar-refractivity contribution >= 4 is 5.78 Å². The van der Waals surface area contributed by atoms with E-state index in [1.54, 1.807) is 6.08 Å². The standard InChI is InChI=1S/C15H14O2/c16-14-7-6-13-8-10-15(13,14)17-11-9-12-4-2-1-3-5-12/h1-8,10,13H,9,11H2. The smallest absolute Gasteiger partial charge is 0.192 e. The van der Waals surface area contributed by atoms with Crippen molar-refractivity contribution in [1.82, 2.24) is 0 Å². The van der Waals surface area contributed by atoms with Gasteiger partial charge in [-0.15, -0.1) is 0 Å². The molecule has 0 saturated heterocycles. The summed E-state index contributed by atoms with van der Waals surface area (Å²) in [6, 6.07) is 10.2. The Balaban J connectivity index is 1.59. The summed E-state index contributed by atoms with van der Waals surface area (Å²) in [6.45, 7) is 0.582. The van der Waals surface area contributed by atoms with E-state index in [1.807, 2.05) is 36.4 Å². The molecule has 0 amide bonds. The van der Waals surface area contributed by atoms with E-state index in [1.165, 1.54) is 5.56 Å². The van der Waals surface area contributed by atoms with Crippen molar-refractivity contribution in [3.05, 3.63) is 60.2 Å². The summed E-state index contributed by atoms with van der Waals surface area (Å²) in [5.41, 5.74) is 0.580. The first kappa shape index (κ1) is 10.5. The average molecular weight is 226 g/mol. The number of ketones is 1. The molecule has 0 radical (unpaired) electrons. The number of ether oxygens (including phenoxy) is 1. The van der Waals surface area contributed by atoms with Gasteiger partial charge in [0.25, 0.3) is 0 Å². The van der Waals surface area contributed by atoms with Crippen LogP contribution in [0.4, 0.5) is 0 Å². The fourth-order valence-corrected chi connectivity index (χ4v) is 2.35. The lowest BCUT2D eigenvalue weighted by atomic mass is 9.79. The predicted octanol–water partition coefficient (Wildman–Crippen LogP) is 2.31. The number of rotatable bonds is 4. The van der Waals surface area contributed by atoms with Crippen LogP contribution in [0.15, 0.2) is 54.6 Å². The van der Waals surface area contributed by atoms with Crippen molar-refractivity contribution in [2.45, 2.75) is 12.0 Å². The normalized spacial score (nSPS) is 29.2. The summed E-state index contributed by atoms with van der Waals surface area (Å²) in [5, 5.41) is 0. The maximum absolute atomic E-state index is 11.7. The molecule has 2 unspecified atom stereocenters. The monoisotopic (exact) mass is 226 g/mol. The lowest BCUT2D eigenvalue weighted by molar-refractivity contribution is -0.136. The third kappa shape index (κ3) is 1.65. The fourth-order valence-electron chi connectivity index (χ4n) is 2.35. The van der Waals surface area contributed by atoms with E-state index in [-0.39, 0.29) is 11.7 Å². The fraction of sp³-hybridized carbons (Fsp3) is 0.267. The van der Waals surface area contributed by atoms with Gasteiger partial charge in [0.1, 0.15) is 0 Å². The van der Waals surface area contributed by atoms with Gasteiger partial charge in [0, 0.05) is 5.92 Å². The minimum absolute atomic E-state index is 0.0815. The lowest BCUT2D eigenvalue weighted by Crippen LogP contribution is -2.47. The zero-order chi connectivity index (χ0) is 11.7. The van der Waals surface area contributed by atoms with Crippen LogP contribution >= 0.6 is 0 Å². The Bertz CT molecular complexity index is 487. The average Bonchev–Trinajstić information content (AvgIpc) is 2.54. The Morgan fingerprint density at radius 1 is 1.18 bits per heavy atom. The van der Waals surface area contributed by atoms with E-state index >= 15 is 0 Å². The Morgan fingerprint density at radius 3 is 2.65 bits per heavy atom. The van der Waals surface area contributed by atoms with Crippen LogP contribution in [0.3, 0.4) is 0 Å². The van der Waals surface area contributed by atoms with Gasteiger partial charge in [-0.3, -0.25) is 4.79 Å². The van der Waals surface area contributed by atoms with Crippen molar-refractivity contribution in [2.75, 3.05) is 6.61 Å². The van der Waals surface area contributed by atoms with Crippen LogP contribution in [-0.4, -0.2) is 18.0 Å². The van der Waals surface area contributed by atoms with Gasteiger partial charge >= 0.3 is 0 Å². The van der Waals surface area contributed by atoms with Gasteiger partial charge < -0.3 is 4.74 Å². The molecule has 86 valence electrons. The highest BCUT2D eigenvalue weighted by Crippen LogP contribution is 2.40. The molecule has 0 heterocycles. The molecule has 2 aliphatic carbocycles. The first-order chi connectivity index (χ1) is 8.31. The summed E-state index contributed by atoms with van der Waals surface area (Å²) < 4.78 is 5.81. The largest absolute Gasteiger partial charge is 0.361 e. The molecule has 1 aromatic rings. The Kier molecular flexibility index (Phi) is 2.45. The van der Waals surface area contributed by atoms with E-state index in [2.05, 4.69) is 12.1 Å². The Hall–Kier alpha value is -1.67. The molecular formula is C15H14O2. The third-order valence-electron chi connectivity index (χ3n) is 3.46. The molecule has 0 N–H and O–H groups in total. The molecular weight excluding hydrogens is 212 g/mol. The molecule has 0 spiro atoms. The maximum Gasteiger partial charge on any atom is 0.192 e. The summed E-state index contributed by atoms with van der Waals surface area (Å²) >= 11 is 0. The van der Waals surface area contributed by atoms with E-state index in [4.69, 9.17) is 4.74 Å². The molecule has 0 bridgehead atoms. The predicted molar refractivity (Wildman–Crippen MR) is 65.6 cm³/mol. The summed E-state index contributed by atoms with van der Waals surface area (Å²) in [7, 11) is 0. The molecule has 2 aliphatic rings. The van der Waals surface area contributed by atoms with Crippen molar-refractivity contribution in [3.63, 3.8) is 0 Å². The van der Waals surface area contributed by atoms with Gasteiger partial charge in [-0.2, -0.15) is 0 Å². The van der Waals surface area contributed by atoms with Crippen LogP contribution in [0.2, 0.25) is 0 Å². The number of hydrogen-bond acceptors (Lipinski definition) is 2. The highest BCUT2D eigenvalue weighted by atomic mass is 16.5. The van der Waals surface area contributed by atoms with Crippen molar-refractivity contribution in [1.29, 1.82) is 0 Å². The molecule has 3 rings (SSSR count). The van der Waals surface area contributed by atoms with Gasteiger partial charge in [-0.1, -0.05) is 42.5 Å². The molecule has 0 saturated carbocycles. The van der Waals surface area contributed by atoms with E-state index < -0.39 is 5.60 Å². The molecule has 1 aromatic carbocycles. The summed E-state index contributed by atoms with van der Waals surface area (Å²) in [5.74, 6) is 0.240. The molecule has 2 atom stereocenters. The molecule has 0 aromatic heterocycles. The molecule has 2 heteroatoms. The van der Waals surface area contributed by atoms with Gasteiger partial charge in [0.05, 0.1) is 6.61 Å². The second-order valence-electron chi connectivity index (χ2n) is 4.49. The molecule has 2 nitrogen and oxygen atoms in total. The number of carbonyl (C=O) groups is 1. The minimum atomic E-state index is -0.658. The topological polar surface area (TPSA) is 26.3 Å². The van der Waals surface area contributed by atoms with Gasteiger partial charge in [-0.05, 0) is 24.1 Å². The molecule has 0 fully saturated rings. The zero-order valence-electron chi connectivity index (χ0n) is 9.50. The van der Waals surface area contributed by atoms with Crippen LogP contribution in [0.1, 0.15) is 5.56 Å². The van der Waals surface area contributed by atoms with Crippen molar-refractivity contribution < 1.29 is 9.53 Å². The first-order valence-electron chi connectivity index (χ1n) is 5.91. The SMILES string of the molecule is O=C1C=CC2C=CC12OCCc1ccccc1. The number of fused-ring (bicyclic) bond motifs is 1. The lowest BCUT2D eigenvalue weighted by Gasteiger charge is -2.36. The Morgan fingerprint density at radius 2 is 2.00 bits per heavy atom. The molecule has 0 aliphatic heterocycles. The van der Waals surface area contributed by atoms with Crippen LogP contribution < -0.4 is 0 Å². The Labute approximate surface area is 101 Å². The van der Waals surface area contributed by atoms with Crippen LogP contribution in [-0.2, 0) is 16.0 Å². The van der Waals surface area contributed by atoms with Gasteiger partial charge in [-0.25, -0.2) is 0 Å². The number of hydrogen-bond donors (Lipinski definition) is 0. The van der Waals surface area contributed by atoms with Gasteiger partial charge in [0.2, 0.25) is 0 Å². The second kappa shape index (κ2) is 3.97. The third-order valence-corrected chi connectivity index (χ3v) is 3.46. The van der Waals surface area contributed by atoms with Crippen LogP contribution in [0.5, 0.6) is 0 Å². The first-order valence-corrected chi connectivity index (χ1v) is 5.91. The summed E-state index contributed by atoms with van der Waals surface area (Å²) in [6.07, 6.45) is 8.30. The van der Waals surface area contributed by atoms with Crippen LogP contribution in [0.25, 0.3) is 0 Å². The zero-order valence-corrected chi connectivity index (χ0v) is 9.50. The molecule has 17 heavy (non-hydrogen) atoms. The number of benzene rings is 1. The highest BCUT2D eigenvalue weighted by Gasteiger charge is 2.50. The second-order valence-corrected chi connectivity index (χ2v) is 4.49. The summed E-state index contributed by atoms with van der Waals surface area (Å²) in [4.78, 5) is 11.7. The highest BCUT2D eigenvalue weighted by molar-refractivity contribution is 6.03. The van der Waals surface area contributed by atoms with Crippen molar-refractivity contribution in [3.8, 4) is 0 Å². The van der Waals surface area contributed by atoms with E-state index in [0.717, 1.165) is 6.42 Å². The number of carbonyl (C=O) groups excluding carboxylic acids is 1. The maximum atomic E-state index is 11.7. The van der Waals surface area contributed by atoms with Crippen molar-refractivity contribution in [2.24, 2.45) is 5.92 Å². The van der Waals surface area contributed by atoms with Gasteiger partial charge in [0.15, 0.2) is 11.4 Å². The minimum Gasteiger partial charge on any atom is -0.361 e. The van der Waals surface area contributed by atoms with E-state index in [9.17, 15) is 4.79 Å². The van der Waals surface area contributed by atoms with Crippen LogP contribution in [0, 0.1) is 5.92 Å². The quantitative estimate of drug-likeness (QED) is 0.736.